The van der Waals surface area contributed by atoms with Crippen molar-refractivity contribution in [3.8, 4) is 11.5 Å². The lowest BCUT2D eigenvalue weighted by Crippen LogP contribution is -2.45. The highest BCUT2D eigenvalue weighted by atomic mass is 32.2. The van der Waals surface area contributed by atoms with E-state index in [4.69, 9.17) is 14.2 Å². The number of nitrogens with zero attached hydrogens (tertiary/aromatic N) is 2. The van der Waals surface area contributed by atoms with Gasteiger partial charge in [-0.25, -0.2) is 9.79 Å². The first-order valence-corrected chi connectivity index (χ1v) is 10.6. The van der Waals surface area contributed by atoms with Crippen molar-refractivity contribution in [1.29, 1.82) is 0 Å². The number of benzene rings is 1. The molecule has 0 N–H and O–H groups in total. The lowest BCUT2D eigenvalue weighted by molar-refractivity contribution is -0.137. The first-order chi connectivity index (χ1) is 14.0. The standard InChI is InChI=1S/C21H26N2O5S/c1-5-6-10-28-15-8-7-14(12-16(15)26-3)19-18(20(25)27-4)13(2)22-21-23(19)17(24)9-11-29-21/h7-8,12,19H,5-6,9-11H2,1-4H3. The van der Waals surface area contributed by atoms with Gasteiger partial charge in [0.2, 0.25) is 5.91 Å². The van der Waals surface area contributed by atoms with Gasteiger partial charge in [-0.3, -0.25) is 9.69 Å². The molecule has 1 unspecified atom stereocenters. The summed E-state index contributed by atoms with van der Waals surface area (Å²) in [5, 5.41) is 0.610. The number of aliphatic imine (C=N–C) groups is 1. The molecule has 2 aliphatic heterocycles. The quantitative estimate of drug-likeness (QED) is 0.496. The highest BCUT2D eigenvalue weighted by Crippen LogP contribution is 2.42. The number of hydrogen-bond donors (Lipinski definition) is 0. The zero-order valence-electron chi connectivity index (χ0n) is 17.2. The van der Waals surface area contributed by atoms with E-state index in [-0.39, 0.29) is 5.91 Å². The Morgan fingerprint density at radius 3 is 2.79 bits per heavy atom. The minimum Gasteiger partial charge on any atom is -0.493 e. The van der Waals surface area contributed by atoms with Crippen molar-refractivity contribution in [2.75, 3.05) is 26.6 Å². The fraction of sp³-hybridized carbons (Fsp3) is 0.476. The zero-order valence-corrected chi connectivity index (χ0v) is 18.0. The van der Waals surface area contributed by atoms with Gasteiger partial charge in [-0.15, -0.1) is 0 Å². The fourth-order valence-corrected chi connectivity index (χ4v) is 4.39. The SMILES string of the molecule is CCCCOc1ccc(C2C(C(=O)OC)=C(C)N=C3SCCC(=O)N32)cc1OC. The summed E-state index contributed by atoms with van der Waals surface area (Å²) in [6.07, 6.45) is 2.37. The van der Waals surface area contributed by atoms with E-state index in [9.17, 15) is 9.59 Å². The van der Waals surface area contributed by atoms with E-state index in [0.717, 1.165) is 18.4 Å². The molecule has 1 aromatic carbocycles. The van der Waals surface area contributed by atoms with Crippen molar-refractivity contribution in [3.63, 3.8) is 0 Å². The van der Waals surface area contributed by atoms with Gasteiger partial charge in [0.05, 0.1) is 38.1 Å². The van der Waals surface area contributed by atoms with Crippen molar-refractivity contribution in [1.82, 2.24) is 4.90 Å². The predicted octanol–water partition coefficient (Wildman–Crippen LogP) is 3.70. The van der Waals surface area contributed by atoms with E-state index < -0.39 is 12.0 Å². The second kappa shape index (κ2) is 9.35. The number of carbonyl (C=O) groups is 2. The van der Waals surface area contributed by atoms with Crippen LogP contribution in [0.5, 0.6) is 11.5 Å². The maximum atomic E-state index is 12.8. The van der Waals surface area contributed by atoms with E-state index in [0.29, 0.717) is 46.7 Å². The van der Waals surface area contributed by atoms with Gasteiger partial charge in [0.1, 0.15) is 0 Å². The zero-order chi connectivity index (χ0) is 21.0. The number of methoxy groups -OCH3 is 2. The number of amidine groups is 1. The highest BCUT2D eigenvalue weighted by Gasteiger charge is 2.41. The Kier molecular flexibility index (Phi) is 6.84. The fourth-order valence-electron chi connectivity index (χ4n) is 3.38. The summed E-state index contributed by atoms with van der Waals surface area (Å²) in [5.74, 6) is 1.30. The molecule has 0 spiro atoms. The topological polar surface area (TPSA) is 77.4 Å². The summed E-state index contributed by atoms with van der Waals surface area (Å²) in [4.78, 5) is 31.5. The number of esters is 1. The minimum atomic E-state index is -0.617. The van der Waals surface area contributed by atoms with Crippen LogP contribution in [0.4, 0.5) is 0 Å². The van der Waals surface area contributed by atoms with Crippen molar-refractivity contribution in [3.05, 3.63) is 35.0 Å². The summed E-state index contributed by atoms with van der Waals surface area (Å²) < 4.78 is 16.3. The number of hydrogen-bond acceptors (Lipinski definition) is 7. The second-order valence-corrected chi connectivity index (χ2v) is 7.82. The number of carbonyl (C=O) groups excluding carboxylic acids is 2. The van der Waals surface area contributed by atoms with Crippen molar-refractivity contribution >= 4 is 28.8 Å². The minimum absolute atomic E-state index is 0.0661. The Bertz CT molecular complexity index is 865. The summed E-state index contributed by atoms with van der Waals surface area (Å²) in [6.45, 7) is 4.46. The third kappa shape index (κ3) is 4.27. The molecule has 1 saturated heterocycles. The third-order valence-corrected chi connectivity index (χ3v) is 5.83. The Hall–Kier alpha value is -2.48. The largest absolute Gasteiger partial charge is 0.493 e. The Morgan fingerprint density at radius 2 is 2.10 bits per heavy atom. The number of allylic oxidation sites excluding steroid dienone is 1. The Labute approximate surface area is 175 Å². The van der Waals surface area contributed by atoms with Crippen LogP contribution in [0.1, 0.15) is 44.7 Å². The average molecular weight is 419 g/mol. The van der Waals surface area contributed by atoms with Gasteiger partial charge in [0.25, 0.3) is 0 Å². The summed E-state index contributed by atoms with van der Waals surface area (Å²) in [6, 6.07) is 4.88. The summed E-state index contributed by atoms with van der Waals surface area (Å²) >= 11 is 1.51. The van der Waals surface area contributed by atoms with Gasteiger partial charge in [0, 0.05) is 12.2 Å². The lowest BCUT2D eigenvalue weighted by Gasteiger charge is -2.38. The van der Waals surface area contributed by atoms with Crippen molar-refractivity contribution in [2.24, 2.45) is 4.99 Å². The summed E-state index contributed by atoms with van der Waals surface area (Å²) in [5.41, 5.74) is 1.65. The molecule has 1 atom stereocenters. The van der Waals surface area contributed by atoms with E-state index >= 15 is 0 Å². The molecule has 2 heterocycles. The first-order valence-electron chi connectivity index (χ1n) is 9.65. The molecular weight excluding hydrogens is 392 g/mol. The van der Waals surface area contributed by atoms with Crippen LogP contribution < -0.4 is 9.47 Å². The molecule has 0 saturated carbocycles. The van der Waals surface area contributed by atoms with Crippen molar-refractivity contribution in [2.45, 2.75) is 39.2 Å². The maximum absolute atomic E-state index is 12.8. The number of thioether (sulfide) groups is 1. The molecule has 1 fully saturated rings. The maximum Gasteiger partial charge on any atom is 0.338 e. The molecule has 29 heavy (non-hydrogen) atoms. The number of fused-ring (bicyclic) bond motifs is 1. The molecule has 156 valence electrons. The molecule has 2 aliphatic rings. The molecular formula is C21H26N2O5S. The molecule has 7 nitrogen and oxygen atoms in total. The van der Waals surface area contributed by atoms with Gasteiger partial charge in [-0.05, 0) is 31.0 Å². The van der Waals surface area contributed by atoms with Crippen LogP contribution in [0.3, 0.4) is 0 Å². The van der Waals surface area contributed by atoms with E-state index in [2.05, 4.69) is 11.9 Å². The summed E-state index contributed by atoms with van der Waals surface area (Å²) in [7, 11) is 2.90. The monoisotopic (exact) mass is 418 g/mol. The average Bonchev–Trinajstić information content (AvgIpc) is 2.72. The molecule has 3 rings (SSSR count). The number of ether oxygens (including phenoxy) is 3. The molecule has 0 bridgehead atoms. The van der Waals surface area contributed by atoms with Crippen LogP contribution in [0.25, 0.3) is 0 Å². The third-order valence-electron chi connectivity index (χ3n) is 4.87. The Balaban J connectivity index is 2.06. The molecule has 0 aromatic heterocycles. The van der Waals surface area contributed by atoms with Gasteiger partial charge in [-0.2, -0.15) is 0 Å². The smallest absolute Gasteiger partial charge is 0.338 e. The van der Waals surface area contributed by atoms with E-state index in [1.165, 1.54) is 18.9 Å². The van der Waals surface area contributed by atoms with Crippen molar-refractivity contribution < 1.29 is 23.8 Å². The molecule has 1 amide bonds. The second-order valence-electron chi connectivity index (χ2n) is 6.76. The predicted molar refractivity (Wildman–Crippen MR) is 112 cm³/mol. The highest BCUT2D eigenvalue weighted by molar-refractivity contribution is 8.14. The van der Waals surface area contributed by atoms with Crippen LogP contribution in [0.15, 0.2) is 34.5 Å². The van der Waals surface area contributed by atoms with Crippen LogP contribution in [0, 0.1) is 0 Å². The molecule has 0 aliphatic carbocycles. The molecule has 8 heteroatoms. The molecule has 1 aromatic rings. The van der Waals surface area contributed by atoms with Crippen LogP contribution in [-0.2, 0) is 14.3 Å². The first kappa shape index (κ1) is 21.2. The van der Waals surface area contributed by atoms with Gasteiger partial charge >= 0.3 is 5.97 Å². The number of rotatable bonds is 7. The lowest BCUT2D eigenvalue weighted by atomic mass is 9.94. The Morgan fingerprint density at radius 1 is 1.31 bits per heavy atom. The van der Waals surface area contributed by atoms with Gasteiger partial charge in [-0.1, -0.05) is 31.2 Å². The van der Waals surface area contributed by atoms with E-state index in [1.54, 1.807) is 18.9 Å². The number of amides is 1. The van der Waals surface area contributed by atoms with Crippen LogP contribution in [-0.4, -0.2) is 48.5 Å². The van der Waals surface area contributed by atoms with Gasteiger partial charge in [0.15, 0.2) is 16.7 Å². The van der Waals surface area contributed by atoms with Gasteiger partial charge < -0.3 is 14.2 Å². The van der Waals surface area contributed by atoms with E-state index in [1.807, 2.05) is 18.2 Å². The van der Waals surface area contributed by atoms with Crippen LogP contribution >= 0.6 is 11.8 Å². The molecule has 0 radical (unpaired) electrons. The number of unbranched alkanes of at least 4 members (excludes halogenated alkanes) is 1. The normalized spacial score (nSPS) is 18.9. The van der Waals surface area contributed by atoms with Crippen LogP contribution in [0.2, 0.25) is 0 Å².